The van der Waals surface area contributed by atoms with E-state index in [0.717, 1.165) is 28.2 Å². The van der Waals surface area contributed by atoms with Crippen LogP contribution in [0.4, 0.5) is 0 Å². The lowest BCUT2D eigenvalue weighted by atomic mass is 9.97. The quantitative estimate of drug-likeness (QED) is 0.915. The molecular formula is C15H20Cl2N2. The average molecular weight is 299 g/mol. The number of hydrogen-bond donors (Lipinski definition) is 1. The molecule has 0 aromatic heterocycles. The third-order valence-corrected chi connectivity index (χ3v) is 5.01. The van der Waals surface area contributed by atoms with Gasteiger partial charge in [-0.2, -0.15) is 0 Å². The SMILES string of the molecule is Clc1ccc(Cl)c(CNC2CCN3CCCC3C2)c1. The van der Waals surface area contributed by atoms with Crippen LogP contribution in [0.15, 0.2) is 18.2 Å². The summed E-state index contributed by atoms with van der Waals surface area (Å²) >= 11 is 12.2. The van der Waals surface area contributed by atoms with Crippen LogP contribution < -0.4 is 5.32 Å². The van der Waals surface area contributed by atoms with E-state index >= 15 is 0 Å². The first-order valence-corrected chi connectivity index (χ1v) is 7.89. The van der Waals surface area contributed by atoms with E-state index < -0.39 is 0 Å². The van der Waals surface area contributed by atoms with E-state index in [9.17, 15) is 0 Å². The molecule has 104 valence electrons. The van der Waals surface area contributed by atoms with Gasteiger partial charge in [0.25, 0.3) is 0 Å². The first-order chi connectivity index (χ1) is 9.22. The number of benzene rings is 1. The van der Waals surface area contributed by atoms with Crippen LogP contribution in [0.1, 0.15) is 31.2 Å². The molecule has 0 amide bonds. The van der Waals surface area contributed by atoms with E-state index in [-0.39, 0.29) is 0 Å². The summed E-state index contributed by atoms with van der Waals surface area (Å²) in [5.74, 6) is 0. The van der Waals surface area contributed by atoms with Crippen LogP contribution in [0.3, 0.4) is 0 Å². The lowest BCUT2D eigenvalue weighted by Crippen LogP contribution is -2.45. The molecule has 2 saturated heterocycles. The summed E-state index contributed by atoms with van der Waals surface area (Å²) in [5.41, 5.74) is 1.10. The van der Waals surface area contributed by atoms with Crippen molar-refractivity contribution in [1.82, 2.24) is 10.2 Å². The van der Waals surface area contributed by atoms with Crippen molar-refractivity contribution in [3.05, 3.63) is 33.8 Å². The summed E-state index contributed by atoms with van der Waals surface area (Å²) in [6.45, 7) is 3.36. The third kappa shape index (κ3) is 3.25. The largest absolute Gasteiger partial charge is 0.310 e. The summed E-state index contributed by atoms with van der Waals surface area (Å²) in [4.78, 5) is 2.64. The van der Waals surface area contributed by atoms with Crippen molar-refractivity contribution in [1.29, 1.82) is 0 Å². The lowest BCUT2D eigenvalue weighted by molar-refractivity contribution is 0.166. The van der Waals surface area contributed by atoms with E-state index in [1.165, 1.54) is 38.8 Å². The minimum absolute atomic E-state index is 0.620. The third-order valence-electron chi connectivity index (χ3n) is 4.41. The number of fused-ring (bicyclic) bond motifs is 1. The first kappa shape index (κ1) is 13.7. The number of halogens is 2. The maximum absolute atomic E-state index is 6.20. The Morgan fingerprint density at radius 2 is 2.11 bits per heavy atom. The Kier molecular flexibility index (Phi) is 4.33. The van der Waals surface area contributed by atoms with Crippen LogP contribution in [0.25, 0.3) is 0 Å². The van der Waals surface area contributed by atoms with Gasteiger partial charge in [0.2, 0.25) is 0 Å². The maximum atomic E-state index is 6.20. The Morgan fingerprint density at radius 3 is 3.00 bits per heavy atom. The highest BCUT2D eigenvalue weighted by molar-refractivity contribution is 6.33. The number of hydrogen-bond acceptors (Lipinski definition) is 2. The summed E-state index contributed by atoms with van der Waals surface area (Å²) in [7, 11) is 0. The lowest BCUT2D eigenvalue weighted by Gasteiger charge is -2.35. The molecule has 1 aromatic carbocycles. The predicted octanol–water partition coefficient (Wildman–Crippen LogP) is 3.71. The van der Waals surface area contributed by atoms with Gasteiger partial charge in [0, 0.05) is 28.7 Å². The van der Waals surface area contributed by atoms with Gasteiger partial charge in [-0.05, 0) is 62.5 Å². The number of rotatable bonds is 3. The van der Waals surface area contributed by atoms with Crippen LogP contribution >= 0.6 is 23.2 Å². The Balaban J connectivity index is 1.56. The zero-order chi connectivity index (χ0) is 13.2. The molecule has 0 spiro atoms. The molecule has 19 heavy (non-hydrogen) atoms. The molecule has 1 aromatic rings. The molecule has 0 radical (unpaired) electrons. The van der Waals surface area contributed by atoms with Crippen LogP contribution in [-0.4, -0.2) is 30.1 Å². The summed E-state index contributed by atoms with van der Waals surface area (Å²) < 4.78 is 0. The van der Waals surface area contributed by atoms with Gasteiger partial charge in [-0.25, -0.2) is 0 Å². The Bertz CT molecular complexity index is 450. The molecule has 1 N–H and O–H groups in total. The van der Waals surface area contributed by atoms with E-state index in [2.05, 4.69) is 10.2 Å². The minimum atomic E-state index is 0.620. The molecule has 0 saturated carbocycles. The smallest absolute Gasteiger partial charge is 0.0451 e. The summed E-state index contributed by atoms with van der Waals surface area (Å²) in [6.07, 6.45) is 5.26. The van der Waals surface area contributed by atoms with Crippen molar-refractivity contribution in [2.45, 2.75) is 44.3 Å². The molecule has 2 fully saturated rings. The van der Waals surface area contributed by atoms with Gasteiger partial charge in [-0.15, -0.1) is 0 Å². The molecule has 2 heterocycles. The molecule has 2 atom stereocenters. The fraction of sp³-hybridized carbons (Fsp3) is 0.600. The molecule has 2 unspecified atom stereocenters. The second-order valence-electron chi connectivity index (χ2n) is 5.67. The highest BCUT2D eigenvalue weighted by Gasteiger charge is 2.31. The molecule has 2 aliphatic heterocycles. The van der Waals surface area contributed by atoms with Crippen molar-refractivity contribution in [3.8, 4) is 0 Å². The average Bonchev–Trinajstić information content (AvgIpc) is 2.87. The molecule has 4 heteroatoms. The fourth-order valence-corrected chi connectivity index (χ4v) is 3.72. The van der Waals surface area contributed by atoms with Crippen LogP contribution in [0.5, 0.6) is 0 Å². The highest BCUT2D eigenvalue weighted by Crippen LogP contribution is 2.27. The van der Waals surface area contributed by atoms with E-state index in [0.29, 0.717) is 6.04 Å². The van der Waals surface area contributed by atoms with Gasteiger partial charge in [0.15, 0.2) is 0 Å². The van der Waals surface area contributed by atoms with Crippen molar-refractivity contribution in [3.63, 3.8) is 0 Å². The Morgan fingerprint density at radius 1 is 1.21 bits per heavy atom. The first-order valence-electron chi connectivity index (χ1n) is 7.14. The standard InChI is InChI=1S/C15H20Cl2N2/c16-12-3-4-15(17)11(8-12)10-18-13-5-7-19-6-1-2-14(19)9-13/h3-4,8,13-14,18H,1-2,5-7,9-10H2. The van der Waals surface area contributed by atoms with Crippen molar-refractivity contribution < 1.29 is 0 Å². The van der Waals surface area contributed by atoms with Gasteiger partial charge >= 0.3 is 0 Å². The molecule has 3 rings (SSSR count). The molecule has 2 nitrogen and oxygen atoms in total. The monoisotopic (exact) mass is 298 g/mol. The second-order valence-corrected chi connectivity index (χ2v) is 6.51. The van der Waals surface area contributed by atoms with Crippen LogP contribution in [-0.2, 0) is 6.54 Å². The van der Waals surface area contributed by atoms with Gasteiger partial charge in [0.1, 0.15) is 0 Å². The van der Waals surface area contributed by atoms with Gasteiger partial charge in [-0.1, -0.05) is 23.2 Å². The maximum Gasteiger partial charge on any atom is 0.0451 e. The number of nitrogens with zero attached hydrogens (tertiary/aromatic N) is 1. The Labute approximate surface area is 125 Å². The highest BCUT2D eigenvalue weighted by atomic mass is 35.5. The van der Waals surface area contributed by atoms with Gasteiger partial charge < -0.3 is 10.2 Å². The fourth-order valence-electron chi connectivity index (χ4n) is 3.34. The van der Waals surface area contributed by atoms with Crippen molar-refractivity contribution >= 4 is 23.2 Å². The van der Waals surface area contributed by atoms with Crippen LogP contribution in [0.2, 0.25) is 10.0 Å². The topological polar surface area (TPSA) is 15.3 Å². The minimum Gasteiger partial charge on any atom is -0.310 e. The van der Waals surface area contributed by atoms with Crippen LogP contribution in [0, 0.1) is 0 Å². The number of nitrogens with one attached hydrogen (secondary N) is 1. The van der Waals surface area contributed by atoms with E-state index in [4.69, 9.17) is 23.2 Å². The second kappa shape index (κ2) is 6.01. The predicted molar refractivity (Wildman–Crippen MR) is 80.9 cm³/mol. The van der Waals surface area contributed by atoms with E-state index in [1.54, 1.807) is 0 Å². The number of piperidine rings is 1. The molecule has 0 aliphatic carbocycles. The summed E-state index contributed by atoms with van der Waals surface area (Å²) in [6, 6.07) is 7.10. The Hall–Kier alpha value is -0.280. The van der Waals surface area contributed by atoms with E-state index in [1.807, 2.05) is 18.2 Å². The summed E-state index contributed by atoms with van der Waals surface area (Å²) in [5, 5.41) is 5.21. The molecule has 2 aliphatic rings. The van der Waals surface area contributed by atoms with Gasteiger partial charge in [-0.3, -0.25) is 0 Å². The molecule has 0 bridgehead atoms. The zero-order valence-electron chi connectivity index (χ0n) is 11.0. The molecular weight excluding hydrogens is 279 g/mol. The zero-order valence-corrected chi connectivity index (χ0v) is 12.6. The van der Waals surface area contributed by atoms with Gasteiger partial charge in [0.05, 0.1) is 0 Å². The van der Waals surface area contributed by atoms with Crippen molar-refractivity contribution in [2.75, 3.05) is 13.1 Å². The van der Waals surface area contributed by atoms with Crippen molar-refractivity contribution in [2.24, 2.45) is 0 Å². The normalized spacial score (nSPS) is 27.5.